The van der Waals surface area contributed by atoms with Gasteiger partial charge in [-0.25, -0.2) is 4.98 Å². The van der Waals surface area contributed by atoms with Gasteiger partial charge < -0.3 is 10.5 Å². The normalized spacial score (nSPS) is 11.4. The second-order valence-electron chi connectivity index (χ2n) is 6.07. The Balaban J connectivity index is 2.04. The number of nitrogens with zero attached hydrogens (tertiary/aromatic N) is 1. The maximum absolute atomic E-state index is 5.83. The summed E-state index contributed by atoms with van der Waals surface area (Å²) < 4.78 is 5.72. The first-order valence-electron chi connectivity index (χ1n) is 6.81. The van der Waals surface area contributed by atoms with Crippen LogP contribution in [-0.2, 0) is 12.0 Å². The van der Waals surface area contributed by atoms with Gasteiger partial charge >= 0.3 is 0 Å². The zero-order chi connectivity index (χ0) is 14.8. The van der Waals surface area contributed by atoms with Crippen molar-refractivity contribution in [3.05, 3.63) is 53.2 Å². The summed E-state index contributed by atoms with van der Waals surface area (Å²) in [5.74, 6) is 1.08. The van der Waals surface area contributed by atoms with Crippen LogP contribution in [0.5, 0.6) is 5.75 Å². The summed E-state index contributed by atoms with van der Waals surface area (Å²) in [6, 6.07) is 12.2. The fourth-order valence-corrected chi connectivity index (χ4v) is 1.95. The van der Waals surface area contributed by atoms with Crippen LogP contribution < -0.4 is 10.5 Å². The monoisotopic (exact) mass is 270 g/mol. The predicted molar refractivity (Wildman–Crippen MR) is 82.9 cm³/mol. The highest BCUT2D eigenvalue weighted by Crippen LogP contribution is 2.23. The molecule has 0 bridgehead atoms. The van der Waals surface area contributed by atoms with Gasteiger partial charge in [0, 0.05) is 5.69 Å². The Labute approximate surface area is 120 Å². The SMILES string of the molecule is Cc1ccc(OCc2ccc(C(C)(C)C)cc2)c(N)n1. The predicted octanol–water partition coefficient (Wildman–Crippen LogP) is 3.85. The molecule has 1 heterocycles. The van der Waals surface area contributed by atoms with Gasteiger partial charge in [-0.2, -0.15) is 0 Å². The van der Waals surface area contributed by atoms with Crippen molar-refractivity contribution in [1.82, 2.24) is 4.98 Å². The minimum atomic E-state index is 0.171. The van der Waals surface area contributed by atoms with Gasteiger partial charge in [-0.15, -0.1) is 0 Å². The van der Waals surface area contributed by atoms with Crippen LogP contribution in [-0.4, -0.2) is 4.98 Å². The fraction of sp³-hybridized carbons (Fsp3) is 0.353. The van der Waals surface area contributed by atoms with E-state index in [1.165, 1.54) is 5.56 Å². The van der Waals surface area contributed by atoms with Crippen LogP contribution in [0.2, 0.25) is 0 Å². The van der Waals surface area contributed by atoms with E-state index in [4.69, 9.17) is 10.5 Å². The molecule has 0 aliphatic heterocycles. The number of nitrogens with two attached hydrogens (primary N) is 1. The molecule has 0 aliphatic rings. The Morgan fingerprint density at radius 2 is 1.70 bits per heavy atom. The van der Waals surface area contributed by atoms with Crippen LogP contribution >= 0.6 is 0 Å². The molecule has 20 heavy (non-hydrogen) atoms. The molecule has 1 aromatic carbocycles. The van der Waals surface area contributed by atoms with Gasteiger partial charge in [0.2, 0.25) is 0 Å². The molecule has 3 heteroatoms. The molecule has 0 saturated heterocycles. The van der Waals surface area contributed by atoms with E-state index in [9.17, 15) is 0 Å². The van der Waals surface area contributed by atoms with Crippen molar-refractivity contribution in [2.75, 3.05) is 5.73 Å². The summed E-state index contributed by atoms with van der Waals surface area (Å²) in [7, 11) is 0. The second-order valence-corrected chi connectivity index (χ2v) is 6.07. The van der Waals surface area contributed by atoms with Crippen molar-refractivity contribution in [1.29, 1.82) is 0 Å². The fourth-order valence-electron chi connectivity index (χ4n) is 1.95. The van der Waals surface area contributed by atoms with Gasteiger partial charge in [-0.3, -0.25) is 0 Å². The van der Waals surface area contributed by atoms with E-state index in [2.05, 4.69) is 50.0 Å². The minimum Gasteiger partial charge on any atom is -0.485 e. The lowest BCUT2D eigenvalue weighted by Gasteiger charge is -2.19. The number of aryl methyl sites for hydroxylation is 1. The van der Waals surface area contributed by atoms with E-state index in [0.29, 0.717) is 18.2 Å². The number of anilines is 1. The molecule has 2 N–H and O–H groups in total. The van der Waals surface area contributed by atoms with E-state index >= 15 is 0 Å². The van der Waals surface area contributed by atoms with Gasteiger partial charge in [-0.05, 0) is 35.6 Å². The summed E-state index contributed by atoms with van der Waals surface area (Å²) in [5.41, 5.74) is 9.34. The van der Waals surface area contributed by atoms with Crippen molar-refractivity contribution >= 4 is 5.82 Å². The number of hydrogen-bond acceptors (Lipinski definition) is 3. The third kappa shape index (κ3) is 3.50. The van der Waals surface area contributed by atoms with Gasteiger partial charge in [0.15, 0.2) is 11.6 Å². The largest absolute Gasteiger partial charge is 0.485 e. The molecule has 0 aliphatic carbocycles. The lowest BCUT2D eigenvalue weighted by Crippen LogP contribution is -2.10. The van der Waals surface area contributed by atoms with Gasteiger partial charge in [0.1, 0.15) is 6.61 Å². The minimum absolute atomic E-state index is 0.171. The molecule has 3 nitrogen and oxygen atoms in total. The van der Waals surface area contributed by atoms with Gasteiger partial charge in [-0.1, -0.05) is 45.0 Å². The quantitative estimate of drug-likeness (QED) is 0.921. The molecular weight excluding hydrogens is 248 g/mol. The maximum atomic E-state index is 5.83. The van der Waals surface area contributed by atoms with Crippen LogP contribution in [0, 0.1) is 6.92 Å². The van der Waals surface area contributed by atoms with E-state index in [1.807, 2.05) is 19.1 Å². The van der Waals surface area contributed by atoms with E-state index in [1.54, 1.807) is 0 Å². The Kier molecular flexibility index (Phi) is 3.98. The molecule has 1 aromatic heterocycles. The molecule has 0 saturated carbocycles. The van der Waals surface area contributed by atoms with Crippen LogP contribution in [0.1, 0.15) is 37.6 Å². The first kappa shape index (κ1) is 14.4. The molecule has 0 spiro atoms. The highest BCUT2D eigenvalue weighted by atomic mass is 16.5. The first-order chi connectivity index (χ1) is 9.36. The molecule has 0 unspecified atom stereocenters. The number of rotatable bonds is 3. The zero-order valence-electron chi connectivity index (χ0n) is 12.6. The summed E-state index contributed by atoms with van der Waals surface area (Å²) >= 11 is 0. The number of hydrogen-bond donors (Lipinski definition) is 1. The van der Waals surface area contributed by atoms with Crippen molar-refractivity contribution in [3.63, 3.8) is 0 Å². The Morgan fingerprint density at radius 3 is 2.25 bits per heavy atom. The lowest BCUT2D eigenvalue weighted by molar-refractivity contribution is 0.307. The van der Waals surface area contributed by atoms with Gasteiger partial charge in [0.05, 0.1) is 0 Å². The van der Waals surface area contributed by atoms with Gasteiger partial charge in [0.25, 0.3) is 0 Å². The van der Waals surface area contributed by atoms with Crippen molar-refractivity contribution in [2.24, 2.45) is 0 Å². The summed E-state index contributed by atoms with van der Waals surface area (Å²) in [6.07, 6.45) is 0. The number of aromatic nitrogens is 1. The molecule has 0 amide bonds. The topological polar surface area (TPSA) is 48.1 Å². The second kappa shape index (κ2) is 5.53. The molecular formula is C17H22N2O. The summed E-state index contributed by atoms with van der Waals surface area (Å²) in [4.78, 5) is 4.19. The van der Waals surface area contributed by atoms with Crippen molar-refractivity contribution in [3.8, 4) is 5.75 Å². The van der Waals surface area contributed by atoms with Crippen molar-refractivity contribution < 1.29 is 4.74 Å². The Bertz CT molecular complexity index is 583. The maximum Gasteiger partial charge on any atom is 0.166 e. The van der Waals surface area contributed by atoms with E-state index < -0.39 is 0 Å². The Morgan fingerprint density at radius 1 is 1.05 bits per heavy atom. The van der Waals surface area contributed by atoms with Crippen LogP contribution in [0.25, 0.3) is 0 Å². The molecule has 0 radical (unpaired) electrons. The van der Waals surface area contributed by atoms with Crippen LogP contribution in [0.4, 0.5) is 5.82 Å². The lowest BCUT2D eigenvalue weighted by atomic mass is 9.87. The first-order valence-corrected chi connectivity index (χ1v) is 6.81. The number of nitrogen functional groups attached to an aromatic ring is 1. The molecule has 106 valence electrons. The molecule has 2 rings (SSSR count). The average Bonchev–Trinajstić information content (AvgIpc) is 2.37. The zero-order valence-corrected chi connectivity index (χ0v) is 12.6. The van der Waals surface area contributed by atoms with Crippen molar-refractivity contribution in [2.45, 2.75) is 39.7 Å². The Hall–Kier alpha value is -2.03. The number of benzene rings is 1. The third-order valence-electron chi connectivity index (χ3n) is 3.24. The highest BCUT2D eigenvalue weighted by Gasteiger charge is 2.12. The smallest absolute Gasteiger partial charge is 0.166 e. The molecule has 0 fully saturated rings. The summed E-state index contributed by atoms with van der Waals surface area (Å²) in [5, 5.41) is 0. The van der Waals surface area contributed by atoms with E-state index in [-0.39, 0.29) is 5.41 Å². The molecule has 2 aromatic rings. The molecule has 0 atom stereocenters. The van der Waals surface area contributed by atoms with Crippen LogP contribution in [0.15, 0.2) is 36.4 Å². The standard InChI is InChI=1S/C17H22N2O/c1-12-5-10-15(16(18)19-12)20-11-13-6-8-14(9-7-13)17(2,3)4/h5-10H,11H2,1-4H3,(H2,18,19). The number of ether oxygens (including phenoxy) is 1. The highest BCUT2D eigenvalue weighted by molar-refractivity contribution is 5.46. The van der Waals surface area contributed by atoms with E-state index in [0.717, 1.165) is 11.3 Å². The van der Waals surface area contributed by atoms with Crippen LogP contribution in [0.3, 0.4) is 0 Å². The summed E-state index contributed by atoms with van der Waals surface area (Å²) in [6.45, 7) is 9.02. The third-order valence-corrected chi connectivity index (χ3v) is 3.24. The number of pyridine rings is 1. The average molecular weight is 270 g/mol.